The second-order valence-electron chi connectivity index (χ2n) is 2.41. The van der Waals surface area contributed by atoms with Crippen LogP contribution in [0, 0.1) is 11.3 Å². The Balaban J connectivity index is 2.67. The summed E-state index contributed by atoms with van der Waals surface area (Å²) in [7, 11) is 0.570. The van der Waals surface area contributed by atoms with Gasteiger partial charge in [0.2, 0.25) is 0 Å². The zero-order valence-electron chi connectivity index (χ0n) is 6.84. The van der Waals surface area contributed by atoms with E-state index < -0.39 is 0 Å². The number of nitrogens with zero attached hydrogens (tertiary/aromatic N) is 3. The van der Waals surface area contributed by atoms with E-state index in [-0.39, 0.29) is 0 Å². The Morgan fingerprint density at radius 3 is 2.93 bits per heavy atom. The predicted molar refractivity (Wildman–Crippen MR) is 50.7 cm³/mol. The van der Waals surface area contributed by atoms with Gasteiger partial charge in [-0.25, -0.2) is 0 Å². The van der Waals surface area contributed by atoms with E-state index >= 15 is 0 Å². The monoisotopic (exact) mass is 204 g/mol. The van der Waals surface area contributed by atoms with E-state index in [0.29, 0.717) is 30.0 Å². The standard InChI is InChI=1S/C7H3BN3O2S/c9-3-4-1-2-5(13-8-12)7-6(4)10-14-11-7/h1-2,12H. The Labute approximate surface area is 84.2 Å². The fourth-order valence-corrected chi connectivity index (χ4v) is 1.65. The van der Waals surface area contributed by atoms with Crippen molar-refractivity contribution in [2.75, 3.05) is 0 Å². The Bertz CT molecular complexity index is 507. The molecule has 0 aliphatic carbocycles. The predicted octanol–water partition coefficient (Wildman–Crippen LogP) is 0.468. The highest BCUT2D eigenvalue weighted by Crippen LogP contribution is 2.26. The van der Waals surface area contributed by atoms with Gasteiger partial charge < -0.3 is 9.68 Å². The summed E-state index contributed by atoms with van der Waals surface area (Å²) < 4.78 is 12.7. The summed E-state index contributed by atoms with van der Waals surface area (Å²) >= 11 is 0.996. The van der Waals surface area contributed by atoms with Crippen LogP contribution in [0.2, 0.25) is 0 Å². The first-order valence-corrected chi connectivity index (χ1v) is 4.37. The zero-order valence-corrected chi connectivity index (χ0v) is 7.65. The van der Waals surface area contributed by atoms with Crippen molar-refractivity contribution in [3.8, 4) is 11.8 Å². The molecule has 2 rings (SSSR count). The third kappa shape index (κ3) is 1.30. The van der Waals surface area contributed by atoms with Crippen LogP contribution in [0.1, 0.15) is 5.56 Å². The zero-order chi connectivity index (χ0) is 9.97. The van der Waals surface area contributed by atoms with Gasteiger partial charge in [-0.15, -0.1) is 0 Å². The van der Waals surface area contributed by atoms with Gasteiger partial charge in [0.15, 0.2) is 0 Å². The fraction of sp³-hybridized carbons (Fsp3) is 0. The van der Waals surface area contributed by atoms with Gasteiger partial charge in [-0.2, -0.15) is 14.0 Å². The summed E-state index contributed by atoms with van der Waals surface area (Å²) in [6, 6.07) is 5.14. The van der Waals surface area contributed by atoms with Crippen LogP contribution in [0.4, 0.5) is 0 Å². The first kappa shape index (κ1) is 8.93. The van der Waals surface area contributed by atoms with E-state index in [1.165, 1.54) is 0 Å². The summed E-state index contributed by atoms with van der Waals surface area (Å²) in [5.41, 5.74) is 1.43. The van der Waals surface area contributed by atoms with Crippen LogP contribution in [0.15, 0.2) is 12.1 Å². The molecule has 1 N–H and O–H groups in total. The maximum Gasteiger partial charge on any atom is 0.569 e. The van der Waals surface area contributed by atoms with E-state index in [1.54, 1.807) is 12.1 Å². The minimum Gasteiger partial charge on any atom is -0.536 e. The molecule has 1 heterocycles. The Morgan fingerprint density at radius 2 is 2.21 bits per heavy atom. The molecule has 0 unspecified atom stereocenters. The normalized spacial score (nSPS) is 9.71. The van der Waals surface area contributed by atoms with Crippen molar-refractivity contribution >= 4 is 30.4 Å². The molecule has 0 saturated carbocycles. The van der Waals surface area contributed by atoms with Gasteiger partial charge in [0.1, 0.15) is 22.9 Å². The molecule has 2 aromatic rings. The third-order valence-corrected chi connectivity index (χ3v) is 2.21. The van der Waals surface area contributed by atoms with Crippen molar-refractivity contribution in [2.24, 2.45) is 0 Å². The van der Waals surface area contributed by atoms with Crippen molar-refractivity contribution in [3.05, 3.63) is 17.7 Å². The van der Waals surface area contributed by atoms with E-state index in [0.717, 1.165) is 11.7 Å². The number of benzene rings is 1. The van der Waals surface area contributed by atoms with E-state index in [1.807, 2.05) is 6.07 Å². The van der Waals surface area contributed by atoms with Gasteiger partial charge in [-0.1, -0.05) is 0 Å². The minimum atomic E-state index is 0.384. The van der Waals surface area contributed by atoms with Crippen molar-refractivity contribution in [1.29, 1.82) is 5.26 Å². The van der Waals surface area contributed by atoms with Crippen molar-refractivity contribution in [2.45, 2.75) is 0 Å². The van der Waals surface area contributed by atoms with Gasteiger partial charge in [-0.3, -0.25) is 0 Å². The lowest BCUT2D eigenvalue weighted by atomic mass is 10.2. The van der Waals surface area contributed by atoms with Crippen LogP contribution < -0.4 is 4.65 Å². The van der Waals surface area contributed by atoms with Crippen LogP contribution in [0.5, 0.6) is 5.75 Å². The molecule has 0 aliphatic heterocycles. The molecule has 0 amide bonds. The summed E-state index contributed by atoms with van der Waals surface area (Å²) in [6.45, 7) is 0. The van der Waals surface area contributed by atoms with Crippen LogP contribution in [0.3, 0.4) is 0 Å². The van der Waals surface area contributed by atoms with Crippen molar-refractivity contribution < 1.29 is 9.68 Å². The molecule has 14 heavy (non-hydrogen) atoms. The highest BCUT2D eigenvalue weighted by atomic mass is 32.1. The summed E-state index contributed by atoms with van der Waals surface area (Å²) in [6.07, 6.45) is 0. The van der Waals surface area contributed by atoms with Crippen LogP contribution in [0.25, 0.3) is 11.0 Å². The lowest BCUT2D eigenvalue weighted by Gasteiger charge is -2.01. The number of rotatable bonds is 2. The Hall–Kier alpha value is -1.65. The Morgan fingerprint density at radius 1 is 1.43 bits per heavy atom. The number of fused-ring (bicyclic) bond motifs is 1. The molecule has 0 atom stereocenters. The fourth-order valence-electron chi connectivity index (χ4n) is 1.09. The molecule has 0 bridgehead atoms. The topological polar surface area (TPSA) is 79.0 Å². The maximum atomic E-state index is 8.76. The summed E-state index contributed by atoms with van der Waals surface area (Å²) in [4.78, 5) is 0. The highest BCUT2D eigenvalue weighted by molar-refractivity contribution is 7.00. The minimum absolute atomic E-state index is 0.384. The second kappa shape index (κ2) is 3.61. The van der Waals surface area contributed by atoms with E-state index in [4.69, 9.17) is 14.9 Å². The number of hydrogen-bond acceptors (Lipinski definition) is 6. The molecule has 67 valence electrons. The average Bonchev–Trinajstić information content (AvgIpc) is 2.67. The lowest BCUT2D eigenvalue weighted by Crippen LogP contribution is -2.00. The molecule has 0 spiro atoms. The van der Waals surface area contributed by atoms with Crippen molar-refractivity contribution in [1.82, 2.24) is 8.75 Å². The van der Waals surface area contributed by atoms with Gasteiger partial charge in [0.05, 0.1) is 17.3 Å². The molecule has 1 radical (unpaired) electrons. The molecule has 7 heteroatoms. The van der Waals surface area contributed by atoms with E-state index in [9.17, 15) is 0 Å². The highest BCUT2D eigenvalue weighted by Gasteiger charge is 2.10. The molecule has 5 nitrogen and oxygen atoms in total. The lowest BCUT2D eigenvalue weighted by molar-refractivity contribution is 0.456. The van der Waals surface area contributed by atoms with Crippen LogP contribution >= 0.6 is 11.7 Å². The van der Waals surface area contributed by atoms with Crippen LogP contribution in [-0.2, 0) is 0 Å². The molecule has 1 aromatic carbocycles. The molecule has 1 aromatic heterocycles. The number of nitriles is 1. The quantitative estimate of drug-likeness (QED) is 0.719. The average molecular weight is 204 g/mol. The van der Waals surface area contributed by atoms with Gasteiger partial charge in [-0.05, 0) is 12.1 Å². The number of hydrogen-bond donors (Lipinski definition) is 1. The van der Waals surface area contributed by atoms with Gasteiger partial charge in [0, 0.05) is 0 Å². The molecule has 0 fully saturated rings. The summed E-state index contributed by atoms with van der Waals surface area (Å²) in [5, 5.41) is 17.2. The first-order valence-electron chi connectivity index (χ1n) is 3.64. The smallest absolute Gasteiger partial charge is 0.536 e. The molecular weight excluding hydrogens is 201 g/mol. The summed E-state index contributed by atoms with van der Waals surface area (Å²) in [5.74, 6) is 0.384. The Kier molecular flexibility index (Phi) is 2.31. The molecule has 0 aliphatic rings. The SMILES string of the molecule is N#Cc1ccc(O[B]O)c2nsnc12. The van der Waals surface area contributed by atoms with Crippen LogP contribution in [-0.4, -0.2) is 21.5 Å². The maximum absolute atomic E-state index is 8.76. The van der Waals surface area contributed by atoms with Crippen molar-refractivity contribution in [3.63, 3.8) is 0 Å². The largest absolute Gasteiger partial charge is 0.569 e. The first-order chi connectivity index (χ1) is 6.86. The van der Waals surface area contributed by atoms with Gasteiger partial charge in [0.25, 0.3) is 0 Å². The third-order valence-electron chi connectivity index (χ3n) is 1.68. The molecule has 0 saturated heterocycles. The van der Waals surface area contributed by atoms with Gasteiger partial charge >= 0.3 is 7.69 Å². The second-order valence-corrected chi connectivity index (χ2v) is 2.94. The molecular formula is C7H3BN3O2S. The number of aromatic nitrogens is 2. The van der Waals surface area contributed by atoms with E-state index in [2.05, 4.69) is 8.75 Å².